The highest BCUT2D eigenvalue weighted by atomic mass is 16.7. The first-order valence-corrected chi connectivity index (χ1v) is 7.64. The molecule has 0 heterocycles. The number of rotatable bonds is 5. The summed E-state index contributed by atoms with van der Waals surface area (Å²) in [6.07, 6.45) is 1.03. The van der Waals surface area contributed by atoms with Crippen molar-refractivity contribution in [2.45, 2.75) is 19.3 Å². The molecule has 0 unspecified atom stereocenters. The molecule has 2 aromatic carbocycles. The van der Waals surface area contributed by atoms with E-state index in [-0.39, 0.29) is 0 Å². The summed E-state index contributed by atoms with van der Waals surface area (Å²) in [5.41, 5.74) is 2.63. The zero-order chi connectivity index (χ0) is 16.2. The van der Waals surface area contributed by atoms with Crippen molar-refractivity contribution in [2.24, 2.45) is 11.1 Å². The number of carbonyl (C=O) groups is 1. The van der Waals surface area contributed by atoms with Gasteiger partial charge in [-0.15, -0.1) is 0 Å². The van der Waals surface area contributed by atoms with Gasteiger partial charge in [-0.25, -0.2) is 4.79 Å². The Morgan fingerprint density at radius 2 is 1.78 bits per heavy atom. The predicted molar refractivity (Wildman–Crippen MR) is 88.8 cm³/mol. The summed E-state index contributed by atoms with van der Waals surface area (Å²) in [7, 11) is 1.66. The normalized spacial score (nSPS) is 20.0. The minimum absolute atomic E-state index is 0.340. The second kappa shape index (κ2) is 6.65. The molecule has 2 atom stereocenters. The second-order valence-corrected chi connectivity index (χ2v) is 5.70. The highest BCUT2D eigenvalue weighted by Crippen LogP contribution is 2.48. The van der Waals surface area contributed by atoms with E-state index in [9.17, 15) is 4.79 Å². The van der Waals surface area contributed by atoms with Gasteiger partial charge in [0.15, 0.2) is 0 Å². The monoisotopic (exact) mass is 309 g/mol. The molecule has 4 heteroatoms. The van der Waals surface area contributed by atoms with E-state index >= 15 is 0 Å². The molecular formula is C19H19NO3. The minimum Gasteiger partial charge on any atom is -0.497 e. The lowest BCUT2D eigenvalue weighted by molar-refractivity contribution is 0.0514. The molecule has 118 valence electrons. The third-order valence-corrected chi connectivity index (χ3v) is 4.15. The molecule has 1 aliphatic carbocycles. The molecule has 0 aliphatic heterocycles. The van der Waals surface area contributed by atoms with Crippen molar-refractivity contribution in [1.29, 1.82) is 0 Å². The number of benzene rings is 2. The molecule has 0 aromatic heterocycles. The number of methoxy groups -OCH3 is 1. The Balaban J connectivity index is 1.59. The molecule has 23 heavy (non-hydrogen) atoms. The van der Waals surface area contributed by atoms with Crippen LogP contribution in [0.5, 0.6) is 5.75 Å². The molecule has 0 radical (unpaired) electrons. The van der Waals surface area contributed by atoms with Crippen LogP contribution >= 0.6 is 0 Å². The quantitative estimate of drug-likeness (QED) is 0.476. The maximum atomic E-state index is 11.9. The largest absolute Gasteiger partial charge is 0.497 e. The van der Waals surface area contributed by atoms with Crippen molar-refractivity contribution in [3.8, 4) is 5.75 Å². The van der Waals surface area contributed by atoms with Crippen LogP contribution in [0.2, 0.25) is 0 Å². The van der Waals surface area contributed by atoms with Gasteiger partial charge in [-0.05, 0) is 49.1 Å². The lowest BCUT2D eigenvalue weighted by Gasteiger charge is -2.03. The summed E-state index contributed by atoms with van der Waals surface area (Å²) in [6, 6.07) is 17.0. The van der Waals surface area contributed by atoms with Gasteiger partial charge in [0, 0.05) is 5.92 Å². The fourth-order valence-electron chi connectivity index (χ4n) is 2.68. The van der Waals surface area contributed by atoms with Crippen molar-refractivity contribution in [3.63, 3.8) is 0 Å². The Morgan fingerprint density at radius 3 is 2.43 bits per heavy atom. The molecule has 0 bridgehead atoms. The van der Waals surface area contributed by atoms with Crippen LogP contribution in [0.1, 0.15) is 35.2 Å². The number of hydrogen-bond donors (Lipinski definition) is 0. The summed E-state index contributed by atoms with van der Waals surface area (Å²) in [5, 5.41) is 4.01. The molecule has 0 N–H and O–H groups in total. The fourth-order valence-corrected chi connectivity index (χ4v) is 2.68. The van der Waals surface area contributed by atoms with E-state index in [0.29, 0.717) is 17.4 Å². The standard InChI is InChI=1S/C19H19NO3/c1-13(20-23-19(21)15-6-4-3-5-7-15)17-12-18(17)14-8-10-16(22-2)11-9-14/h3-11,17-18H,12H2,1-2H3/b20-13-/t17-,18+/m1/s1. The molecule has 1 aliphatic rings. The van der Waals surface area contributed by atoms with E-state index in [1.165, 1.54) is 5.56 Å². The lowest BCUT2D eigenvalue weighted by atomic mass is 10.1. The zero-order valence-electron chi connectivity index (χ0n) is 13.2. The Kier molecular flexibility index (Phi) is 4.42. The molecule has 0 saturated heterocycles. The average molecular weight is 309 g/mol. The van der Waals surface area contributed by atoms with Crippen molar-refractivity contribution in [1.82, 2.24) is 0 Å². The smallest absolute Gasteiger partial charge is 0.365 e. The van der Waals surface area contributed by atoms with E-state index in [2.05, 4.69) is 17.3 Å². The van der Waals surface area contributed by atoms with Crippen molar-refractivity contribution >= 4 is 11.7 Å². The lowest BCUT2D eigenvalue weighted by Crippen LogP contribution is -2.04. The number of oxime groups is 1. The Morgan fingerprint density at radius 1 is 1.09 bits per heavy atom. The third-order valence-electron chi connectivity index (χ3n) is 4.15. The Hall–Kier alpha value is -2.62. The van der Waals surface area contributed by atoms with Crippen molar-refractivity contribution in [2.75, 3.05) is 7.11 Å². The maximum absolute atomic E-state index is 11.9. The number of nitrogens with zero attached hydrogens (tertiary/aromatic N) is 1. The van der Waals surface area contributed by atoms with Crippen LogP contribution in [-0.2, 0) is 4.84 Å². The van der Waals surface area contributed by atoms with Gasteiger partial charge < -0.3 is 9.57 Å². The number of ether oxygens (including phenoxy) is 1. The van der Waals surface area contributed by atoms with Gasteiger partial charge in [-0.3, -0.25) is 0 Å². The molecule has 1 saturated carbocycles. The number of carbonyl (C=O) groups excluding carboxylic acids is 1. The summed E-state index contributed by atoms with van der Waals surface area (Å²) >= 11 is 0. The van der Waals surface area contributed by atoms with Gasteiger partial charge in [0.05, 0.1) is 18.4 Å². The SMILES string of the molecule is COc1ccc([C@@H]2C[C@@H]2/C(C)=N\OC(=O)c2ccccc2)cc1. The maximum Gasteiger partial charge on any atom is 0.365 e. The summed E-state index contributed by atoms with van der Waals surface area (Å²) < 4.78 is 5.17. The topological polar surface area (TPSA) is 47.9 Å². The third kappa shape index (κ3) is 3.59. The van der Waals surface area contributed by atoms with Crippen LogP contribution < -0.4 is 4.74 Å². The highest BCUT2D eigenvalue weighted by molar-refractivity contribution is 5.91. The second-order valence-electron chi connectivity index (χ2n) is 5.70. The zero-order valence-corrected chi connectivity index (χ0v) is 13.2. The van der Waals surface area contributed by atoms with Gasteiger partial charge in [0.2, 0.25) is 0 Å². The van der Waals surface area contributed by atoms with Gasteiger partial charge in [0.25, 0.3) is 0 Å². The average Bonchev–Trinajstić information content (AvgIpc) is 3.41. The van der Waals surface area contributed by atoms with Crippen LogP contribution in [-0.4, -0.2) is 18.8 Å². The van der Waals surface area contributed by atoms with Crippen molar-refractivity contribution < 1.29 is 14.4 Å². The molecule has 0 amide bonds. The van der Waals surface area contributed by atoms with Crippen LogP contribution in [0.25, 0.3) is 0 Å². The van der Waals surface area contributed by atoms with Crippen LogP contribution in [0.3, 0.4) is 0 Å². The van der Waals surface area contributed by atoms with Gasteiger partial charge in [0.1, 0.15) is 5.75 Å². The highest BCUT2D eigenvalue weighted by Gasteiger charge is 2.40. The predicted octanol–water partition coefficient (Wildman–Crippen LogP) is 4.03. The van der Waals surface area contributed by atoms with Gasteiger partial charge in [-0.1, -0.05) is 35.5 Å². The van der Waals surface area contributed by atoms with Crippen molar-refractivity contribution in [3.05, 3.63) is 65.7 Å². The first-order chi connectivity index (χ1) is 11.2. The van der Waals surface area contributed by atoms with Gasteiger partial charge in [-0.2, -0.15) is 0 Å². The molecular weight excluding hydrogens is 290 g/mol. The number of hydrogen-bond acceptors (Lipinski definition) is 4. The molecule has 4 nitrogen and oxygen atoms in total. The van der Waals surface area contributed by atoms with Crippen LogP contribution in [0.15, 0.2) is 59.8 Å². The first kappa shape index (κ1) is 15.3. The molecule has 3 rings (SSSR count). The van der Waals surface area contributed by atoms with E-state index in [1.807, 2.05) is 25.1 Å². The summed E-state index contributed by atoms with van der Waals surface area (Å²) in [5.74, 6) is 1.21. The summed E-state index contributed by atoms with van der Waals surface area (Å²) in [4.78, 5) is 16.9. The Labute approximate surface area is 135 Å². The van der Waals surface area contributed by atoms with Gasteiger partial charge >= 0.3 is 5.97 Å². The molecule has 2 aromatic rings. The van der Waals surface area contributed by atoms with E-state index in [0.717, 1.165) is 17.9 Å². The van der Waals surface area contributed by atoms with E-state index < -0.39 is 5.97 Å². The Bertz CT molecular complexity index is 707. The van der Waals surface area contributed by atoms with Crippen LogP contribution in [0, 0.1) is 5.92 Å². The molecule has 1 fully saturated rings. The van der Waals surface area contributed by atoms with E-state index in [1.54, 1.807) is 31.4 Å². The summed E-state index contributed by atoms with van der Waals surface area (Å²) in [6.45, 7) is 1.91. The fraction of sp³-hybridized carbons (Fsp3) is 0.263. The minimum atomic E-state index is -0.424. The first-order valence-electron chi connectivity index (χ1n) is 7.64. The van der Waals surface area contributed by atoms with E-state index in [4.69, 9.17) is 9.57 Å². The van der Waals surface area contributed by atoms with Crippen LogP contribution in [0.4, 0.5) is 0 Å². The molecule has 0 spiro atoms.